The Morgan fingerprint density at radius 2 is 2.20 bits per heavy atom. The van der Waals surface area contributed by atoms with Crippen LogP contribution in [0.4, 0.5) is 10.5 Å². The van der Waals surface area contributed by atoms with Crippen LogP contribution in [0.3, 0.4) is 0 Å². The lowest BCUT2D eigenvalue weighted by molar-refractivity contribution is -0.150. The van der Waals surface area contributed by atoms with Crippen molar-refractivity contribution in [1.29, 1.82) is 0 Å². The van der Waals surface area contributed by atoms with Crippen LogP contribution in [0.15, 0.2) is 24.3 Å². The number of piperidine rings is 1. The highest BCUT2D eigenvalue weighted by Crippen LogP contribution is 2.30. The van der Waals surface area contributed by atoms with E-state index in [0.717, 1.165) is 9.26 Å². The second-order valence-electron chi connectivity index (χ2n) is 5.33. The monoisotopic (exact) mass is 388 g/mol. The molecule has 1 saturated heterocycles. The van der Waals surface area contributed by atoms with Gasteiger partial charge in [0.15, 0.2) is 0 Å². The van der Waals surface area contributed by atoms with Crippen molar-refractivity contribution in [2.45, 2.75) is 19.8 Å². The lowest BCUT2D eigenvalue weighted by atomic mass is 9.82. The third-order valence-electron chi connectivity index (χ3n) is 3.58. The molecule has 2 N–H and O–H groups in total. The molecule has 2 rings (SSSR count). The quantitative estimate of drug-likeness (QED) is 0.766. The average Bonchev–Trinajstić information content (AvgIpc) is 2.38. The zero-order valence-corrected chi connectivity index (χ0v) is 13.4. The van der Waals surface area contributed by atoms with Gasteiger partial charge in [-0.15, -0.1) is 0 Å². The zero-order chi connectivity index (χ0) is 14.8. The minimum absolute atomic E-state index is 0.237. The third kappa shape index (κ3) is 3.41. The van der Waals surface area contributed by atoms with Crippen molar-refractivity contribution in [3.63, 3.8) is 0 Å². The van der Waals surface area contributed by atoms with Gasteiger partial charge in [-0.25, -0.2) is 4.79 Å². The standard InChI is InChI=1S/C14H17IN2O3/c1-14(12(18)19)6-3-7-17(9-14)13(20)16-11-5-2-4-10(15)8-11/h2,4-5,8H,3,6-7,9H2,1H3,(H,16,20)(H,18,19). The second kappa shape index (κ2) is 5.99. The number of halogens is 1. The number of carbonyl (C=O) groups excluding carboxylic acids is 1. The molecule has 1 atom stereocenters. The van der Waals surface area contributed by atoms with Crippen LogP contribution in [-0.4, -0.2) is 35.1 Å². The van der Waals surface area contributed by atoms with Crippen molar-refractivity contribution < 1.29 is 14.7 Å². The average molecular weight is 388 g/mol. The van der Waals surface area contributed by atoms with Gasteiger partial charge in [0.05, 0.1) is 5.41 Å². The summed E-state index contributed by atoms with van der Waals surface area (Å²) in [6, 6.07) is 7.27. The Morgan fingerprint density at radius 3 is 2.85 bits per heavy atom. The van der Waals surface area contributed by atoms with E-state index in [1.165, 1.54) is 0 Å². The minimum Gasteiger partial charge on any atom is -0.481 e. The number of hydrogen-bond acceptors (Lipinski definition) is 2. The van der Waals surface area contributed by atoms with Crippen molar-refractivity contribution >= 4 is 40.3 Å². The van der Waals surface area contributed by atoms with Crippen molar-refractivity contribution in [2.75, 3.05) is 18.4 Å². The van der Waals surface area contributed by atoms with E-state index in [9.17, 15) is 14.7 Å². The van der Waals surface area contributed by atoms with Crippen LogP contribution in [0.5, 0.6) is 0 Å². The molecule has 1 aromatic rings. The number of nitrogens with zero attached hydrogens (tertiary/aromatic N) is 1. The number of aliphatic carboxylic acids is 1. The van der Waals surface area contributed by atoms with E-state index >= 15 is 0 Å². The van der Waals surface area contributed by atoms with Crippen LogP contribution in [0.1, 0.15) is 19.8 Å². The number of benzene rings is 1. The highest BCUT2D eigenvalue weighted by atomic mass is 127. The Kier molecular flexibility index (Phi) is 4.52. The summed E-state index contributed by atoms with van der Waals surface area (Å²) in [5, 5.41) is 12.1. The van der Waals surface area contributed by atoms with Gasteiger partial charge in [-0.1, -0.05) is 6.07 Å². The van der Waals surface area contributed by atoms with E-state index in [2.05, 4.69) is 27.9 Å². The summed E-state index contributed by atoms with van der Waals surface area (Å²) in [7, 11) is 0. The number of hydrogen-bond donors (Lipinski definition) is 2. The molecule has 1 heterocycles. The molecular formula is C14H17IN2O3. The van der Waals surface area contributed by atoms with Crippen LogP contribution in [0.2, 0.25) is 0 Å². The molecule has 0 bridgehead atoms. The molecule has 6 heteroatoms. The first-order chi connectivity index (χ1) is 9.40. The van der Waals surface area contributed by atoms with Gasteiger partial charge in [0.2, 0.25) is 0 Å². The Labute approximate surface area is 131 Å². The molecule has 1 aromatic carbocycles. The third-order valence-corrected chi connectivity index (χ3v) is 4.25. The van der Waals surface area contributed by atoms with Gasteiger partial charge < -0.3 is 15.3 Å². The zero-order valence-electron chi connectivity index (χ0n) is 11.2. The van der Waals surface area contributed by atoms with Crippen LogP contribution in [-0.2, 0) is 4.79 Å². The maximum absolute atomic E-state index is 12.2. The molecule has 108 valence electrons. The van der Waals surface area contributed by atoms with Crippen LogP contribution < -0.4 is 5.32 Å². The lowest BCUT2D eigenvalue weighted by Gasteiger charge is -2.37. The smallest absolute Gasteiger partial charge is 0.321 e. The van der Waals surface area contributed by atoms with Crippen molar-refractivity contribution in [3.05, 3.63) is 27.8 Å². The van der Waals surface area contributed by atoms with Crippen molar-refractivity contribution in [2.24, 2.45) is 5.41 Å². The maximum atomic E-state index is 12.2. The van der Waals surface area contributed by atoms with Gasteiger partial charge >= 0.3 is 12.0 Å². The van der Waals surface area contributed by atoms with E-state index in [-0.39, 0.29) is 12.6 Å². The Morgan fingerprint density at radius 1 is 1.45 bits per heavy atom. The van der Waals surface area contributed by atoms with Crippen molar-refractivity contribution in [1.82, 2.24) is 4.90 Å². The van der Waals surface area contributed by atoms with Gasteiger partial charge in [0.1, 0.15) is 0 Å². The lowest BCUT2D eigenvalue weighted by Crippen LogP contribution is -2.49. The molecule has 0 radical (unpaired) electrons. The first-order valence-electron chi connectivity index (χ1n) is 6.46. The number of carbonyl (C=O) groups is 2. The summed E-state index contributed by atoms with van der Waals surface area (Å²) in [6.45, 7) is 2.54. The largest absolute Gasteiger partial charge is 0.481 e. The molecule has 20 heavy (non-hydrogen) atoms. The predicted molar refractivity (Wildman–Crippen MR) is 84.7 cm³/mol. The summed E-state index contributed by atoms with van der Waals surface area (Å²) >= 11 is 2.18. The summed E-state index contributed by atoms with van der Waals surface area (Å²) in [5.41, 5.74) is -0.120. The van der Waals surface area contributed by atoms with Crippen molar-refractivity contribution in [3.8, 4) is 0 Å². The molecular weight excluding hydrogens is 371 g/mol. The summed E-state index contributed by atoms with van der Waals surface area (Å²) < 4.78 is 1.04. The molecule has 0 aliphatic carbocycles. The molecule has 0 aromatic heterocycles. The second-order valence-corrected chi connectivity index (χ2v) is 6.58. The van der Waals surface area contributed by atoms with Crippen LogP contribution in [0, 0.1) is 8.99 Å². The fraction of sp³-hybridized carbons (Fsp3) is 0.429. The van der Waals surface area contributed by atoms with Gasteiger partial charge in [-0.2, -0.15) is 0 Å². The van der Waals surface area contributed by atoms with E-state index < -0.39 is 11.4 Å². The maximum Gasteiger partial charge on any atom is 0.321 e. The molecule has 1 fully saturated rings. The highest BCUT2D eigenvalue weighted by Gasteiger charge is 2.39. The van der Waals surface area contributed by atoms with Gasteiger partial charge in [0, 0.05) is 22.3 Å². The molecule has 0 spiro atoms. The summed E-state index contributed by atoms with van der Waals surface area (Å²) in [4.78, 5) is 25.1. The summed E-state index contributed by atoms with van der Waals surface area (Å²) in [5.74, 6) is -0.843. The minimum atomic E-state index is -0.847. The predicted octanol–water partition coefficient (Wildman–Crippen LogP) is 3.01. The topological polar surface area (TPSA) is 69.6 Å². The van der Waals surface area contributed by atoms with Gasteiger partial charge in [-0.3, -0.25) is 4.79 Å². The molecule has 2 amide bonds. The van der Waals surface area contributed by atoms with E-state index in [1.54, 1.807) is 11.8 Å². The Balaban J connectivity index is 2.04. The van der Waals surface area contributed by atoms with E-state index in [4.69, 9.17) is 0 Å². The molecule has 5 nitrogen and oxygen atoms in total. The van der Waals surface area contributed by atoms with Gasteiger partial charge in [-0.05, 0) is 60.6 Å². The number of likely N-dealkylation sites (tertiary alicyclic amines) is 1. The fourth-order valence-corrected chi connectivity index (χ4v) is 2.90. The number of anilines is 1. The molecule has 1 aliphatic heterocycles. The first kappa shape index (κ1) is 15.1. The summed E-state index contributed by atoms with van der Waals surface area (Å²) in [6.07, 6.45) is 1.32. The number of urea groups is 1. The fourth-order valence-electron chi connectivity index (χ4n) is 2.36. The molecule has 0 saturated carbocycles. The number of carboxylic acids is 1. The Hall–Kier alpha value is -1.31. The highest BCUT2D eigenvalue weighted by molar-refractivity contribution is 14.1. The number of rotatable bonds is 2. The Bertz CT molecular complexity index is 535. The van der Waals surface area contributed by atoms with E-state index in [1.807, 2.05) is 24.3 Å². The normalized spacial score (nSPS) is 22.4. The van der Waals surface area contributed by atoms with Gasteiger partial charge in [0.25, 0.3) is 0 Å². The SMILES string of the molecule is CC1(C(=O)O)CCCN(C(=O)Nc2cccc(I)c2)C1. The molecule has 1 aliphatic rings. The number of amides is 2. The first-order valence-corrected chi connectivity index (χ1v) is 7.53. The van der Waals surface area contributed by atoms with Crippen LogP contribution >= 0.6 is 22.6 Å². The number of nitrogens with one attached hydrogen (secondary N) is 1. The molecule has 1 unspecified atom stereocenters. The van der Waals surface area contributed by atoms with Crippen LogP contribution in [0.25, 0.3) is 0 Å². The number of carboxylic acid groups (broad SMARTS) is 1. The van der Waals surface area contributed by atoms with E-state index in [0.29, 0.717) is 19.4 Å².